The number of likely N-dealkylation sites (N-methyl/N-ethyl adjacent to an activating group) is 1. The van der Waals surface area contributed by atoms with Crippen LogP contribution in [0.15, 0.2) is 17.3 Å². The van der Waals surface area contributed by atoms with E-state index in [0.29, 0.717) is 13.1 Å². The molecular formula is C9H16N4O2S. The van der Waals surface area contributed by atoms with Gasteiger partial charge in [0.15, 0.2) is 5.03 Å². The van der Waals surface area contributed by atoms with Crippen molar-refractivity contribution in [1.82, 2.24) is 19.4 Å². The van der Waals surface area contributed by atoms with E-state index in [-0.39, 0.29) is 11.1 Å². The lowest BCUT2D eigenvalue weighted by atomic mass is 10.2. The zero-order valence-electron chi connectivity index (χ0n) is 9.42. The first-order chi connectivity index (χ1) is 7.51. The summed E-state index contributed by atoms with van der Waals surface area (Å²) in [5.74, 6) is 0. The Morgan fingerprint density at radius 1 is 1.50 bits per heavy atom. The van der Waals surface area contributed by atoms with E-state index in [2.05, 4.69) is 15.1 Å². The minimum Gasteiger partial charge on any atom is -0.301 e. The molecule has 1 aliphatic heterocycles. The lowest BCUT2D eigenvalue weighted by Crippen LogP contribution is -2.51. The monoisotopic (exact) mass is 244 g/mol. The van der Waals surface area contributed by atoms with Crippen molar-refractivity contribution >= 4 is 10.0 Å². The SMILES string of the molecule is CC1CN(S(=O)(=O)c2ccn[nH]2)CCN1C. The summed E-state index contributed by atoms with van der Waals surface area (Å²) in [5, 5.41) is 6.35. The maximum Gasteiger partial charge on any atom is 0.260 e. The molecule has 1 fully saturated rings. The molecule has 0 radical (unpaired) electrons. The molecule has 0 spiro atoms. The summed E-state index contributed by atoms with van der Waals surface area (Å²) in [6.45, 7) is 3.84. The van der Waals surface area contributed by atoms with Gasteiger partial charge in [0, 0.05) is 25.7 Å². The maximum atomic E-state index is 12.1. The highest BCUT2D eigenvalue weighted by Crippen LogP contribution is 2.16. The number of H-pyrrole nitrogens is 1. The van der Waals surface area contributed by atoms with Crippen molar-refractivity contribution in [3.63, 3.8) is 0 Å². The average Bonchev–Trinajstić information content (AvgIpc) is 2.75. The van der Waals surface area contributed by atoms with Crippen LogP contribution in [0.1, 0.15) is 6.92 Å². The summed E-state index contributed by atoms with van der Waals surface area (Å²) < 4.78 is 25.8. The molecule has 0 saturated carbocycles. The predicted octanol–water partition coefficient (Wildman–Crippen LogP) is -0.266. The second-order valence-electron chi connectivity index (χ2n) is 4.11. The van der Waals surface area contributed by atoms with Crippen LogP contribution in [0.5, 0.6) is 0 Å². The normalized spacial score (nSPS) is 24.8. The molecule has 16 heavy (non-hydrogen) atoms. The largest absolute Gasteiger partial charge is 0.301 e. The van der Waals surface area contributed by atoms with Gasteiger partial charge in [-0.2, -0.15) is 9.40 Å². The van der Waals surface area contributed by atoms with E-state index in [1.54, 1.807) is 0 Å². The Hall–Kier alpha value is -0.920. The van der Waals surface area contributed by atoms with Gasteiger partial charge in [-0.05, 0) is 20.0 Å². The Bertz CT molecular complexity index is 442. The lowest BCUT2D eigenvalue weighted by molar-refractivity contribution is 0.159. The molecule has 1 aromatic rings. The van der Waals surface area contributed by atoms with E-state index in [1.807, 2.05) is 14.0 Å². The standard InChI is InChI=1S/C9H16N4O2S/c1-8-7-13(6-5-12(8)2)16(14,15)9-3-4-10-11-9/h3-4,8H,5-7H2,1-2H3,(H,10,11). The van der Waals surface area contributed by atoms with Gasteiger partial charge >= 0.3 is 0 Å². The van der Waals surface area contributed by atoms with E-state index < -0.39 is 10.0 Å². The van der Waals surface area contributed by atoms with E-state index in [9.17, 15) is 8.42 Å². The van der Waals surface area contributed by atoms with Crippen LogP contribution >= 0.6 is 0 Å². The number of aromatic nitrogens is 2. The quantitative estimate of drug-likeness (QED) is 0.778. The van der Waals surface area contributed by atoms with Gasteiger partial charge in [0.1, 0.15) is 0 Å². The zero-order chi connectivity index (χ0) is 11.8. The Labute approximate surface area is 95.3 Å². The summed E-state index contributed by atoms with van der Waals surface area (Å²) >= 11 is 0. The molecular weight excluding hydrogens is 228 g/mol. The number of nitrogens with one attached hydrogen (secondary N) is 1. The van der Waals surface area contributed by atoms with Crippen molar-refractivity contribution < 1.29 is 8.42 Å². The Balaban J connectivity index is 2.20. The van der Waals surface area contributed by atoms with Crippen molar-refractivity contribution in [3.8, 4) is 0 Å². The number of hydrogen-bond donors (Lipinski definition) is 1. The van der Waals surface area contributed by atoms with Crippen molar-refractivity contribution in [2.75, 3.05) is 26.7 Å². The number of hydrogen-bond acceptors (Lipinski definition) is 4. The Morgan fingerprint density at radius 3 is 2.81 bits per heavy atom. The van der Waals surface area contributed by atoms with Gasteiger partial charge in [0.05, 0.1) is 6.20 Å². The van der Waals surface area contributed by atoms with Crippen LogP contribution in [-0.2, 0) is 10.0 Å². The van der Waals surface area contributed by atoms with Crippen LogP contribution in [0.25, 0.3) is 0 Å². The van der Waals surface area contributed by atoms with Gasteiger partial charge in [-0.25, -0.2) is 8.42 Å². The second-order valence-corrected chi connectivity index (χ2v) is 6.02. The number of aromatic amines is 1. The molecule has 90 valence electrons. The van der Waals surface area contributed by atoms with Crippen molar-refractivity contribution in [1.29, 1.82) is 0 Å². The van der Waals surface area contributed by atoms with Gasteiger partial charge < -0.3 is 4.90 Å². The Morgan fingerprint density at radius 2 is 2.25 bits per heavy atom. The molecule has 1 atom stereocenters. The fourth-order valence-corrected chi connectivity index (χ4v) is 3.17. The Kier molecular flexibility index (Phi) is 3.00. The second kappa shape index (κ2) is 4.15. The molecule has 1 aromatic heterocycles. The lowest BCUT2D eigenvalue weighted by Gasteiger charge is -2.36. The van der Waals surface area contributed by atoms with E-state index in [4.69, 9.17) is 0 Å². The van der Waals surface area contributed by atoms with Crippen LogP contribution in [-0.4, -0.2) is 60.5 Å². The van der Waals surface area contributed by atoms with Gasteiger partial charge in [-0.1, -0.05) is 0 Å². The van der Waals surface area contributed by atoms with Crippen LogP contribution in [0.4, 0.5) is 0 Å². The summed E-state index contributed by atoms with van der Waals surface area (Å²) in [6, 6.07) is 1.73. The minimum absolute atomic E-state index is 0.171. The fraction of sp³-hybridized carbons (Fsp3) is 0.667. The molecule has 1 unspecified atom stereocenters. The van der Waals surface area contributed by atoms with Crippen LogP contribution in [0, 0.1) is 0 Å². The third kappa shape index (κ3) is 1.98. The average molecular weight is 244 g/mol. The van der Waals surface area contributed by atoms with Gasteiger partial charge in [0.25, 0.3) is 10.0 Å². The van der Waals surface area contributed by atoms with Crippen LogP contribution in [0.3, 0.4) is 0 Å². The molecule has 7 heteroatoms. The fourth-order valence-electron chi connectivity index (χ4n) is 1.76. The van der Waals surface area contributed by atoms with Gasteiger partial charge in [-0.3, -0.25) is 5.10 Å². The molecule has 0 amide bonds. The molecule has 1 saturated heterocycles. The molecule has 0 aromatic carbocycles. The molecule has 0 aliphatic carbocycles. The molecule has 1 aliphatic rings. The van der Waals surface area contributed by atoms with Crippen LogP contribution < -0.4 is 0 Å². The smallest absolute Gasteiger partial charge is 0.260 e. The van der Waals surface area contributed by atoms with Crippen molar-refractivity contribution in [2.24, 2.45) is 0 Å². The minimum atomic E-state index is -3.39. The van der Waals surface area contributed by atoms with Crippen LogP contribution in [0.2, 0.25) is 0 Å². The third-order valence-corrected chi connectivity index (χ3v) is 4.81. The summed E-state index contributed by atoms with van der Waals surface area (Å²) in [6.07, 6.45) is 1.45. The predicted molar refractivity (Wildman–Crippen MR) is 59.4 cm³/mol. The zero-order valence-corrected chi connectivity index (χ0v) is 10.2. The number of piperazine rings is 1. The molecule has 1 N–H and O–H groups in total. The first kappa shape index (κ1) is 11.6. The van der Waals surface area contributed by atoms with Crippen molar-refractivity contribution in [2.45, 2.75) is 18.0 Å². The topological polar surface area (TPSA) is 69.3 Å². The van der Waals surface area contributed by atoms with E-state index >= 15 is 0 Å². The number of sulfonamides is 1. The highest BCUT2D eigenvalue weighted by atomic mass is 32.2. The number of rotatable bonds is 2. The third-order valence-electron chi connectivity index (χ3n) is 3.02. The molecule has 2 heterocycles. The summed E-state index contributed by atoms with van der Waals surface area (Å²) in [4.78, 5) is 2.15. The summed E-state index contributed by atoms with van der Waals surface area (Å²) in [7, 11) is -1.38. The molecule has 2 rings (SSSR count). The molecule has 0 bridgehead atoms. The first-order valence-electron chi connectivity index (χ1n) is 5.21. The van der Waals surface area contributed by atoms with E-state index in [1.165, 1.54) is 16.6 Å². The van der Waals surface area contributed by atoms with Gasteiger partial charge in [-0.15, -0.1) is 0 Å². The first-order valence-corrected chi connectivity index (χ1v) is 6.65. The van der Waals surface area contributed by atoms with E-state index in [0.717, 1.165) is 6.54 Å². The van der Waals surface area contributed by atoms with Gasteiger partial charge in [0.2, 0.25) is 0 Å². The van der Waals surface area contributed by atoms with Crippen molar-refractivity contribution in [3.05, 3.63) is 12.3 Å². The summed E-state index contributed by atoms with van der Waals surface area (Å²) in [5.41, 5.74) is 0. The molecule has 6 nitrogen and oxygen atoms in total. The maximum absolute atomic E-state index is 12.1. The number of nitrogens with zero attached hydrogens (tertiary/aromatic N) is 3. The highest BCUT2D eigenvalue weighted by Gasteiger charge is 2.31. The highest BCUT2D eigenvalue weighted by molar-refractivity contribution is 7.89.